The minimum absolute atomic E-state index is 0.0324. The SMILES string of the molecule is CC(C)n1nc(-c2ccc(CC(=O)Nc3cc(-c4cccnc4)on3)cc2)c(C(N)=O)c1N. The summed E-state index contributed by atoms with van der Waals surface area (Å²) in [6.45, 7) is 3.82. The van der Waals surface area contributed by atoms with E-state index in [1.165, 1.54) is 0 Å². The molecule has 5 N–H and O–H groups in total. The van der Waals surface area contributed by atoms with E-state index in [2.05, 4.69) is 20.6 Å². The van der Waals surface area contributed by atoms with E-state index in [9.17, 15) is 9.59 Å². The van der Waals surface area contributed by atoms with Gasteiger partial charge < -0.3 is 21.3 Å². The molecule has 0 fully saturated rings. The van der Waals surface area contributed by atoms with Crippen LogP contribution in [0.25, 0.3) is 22.6 Å². The predicted octanol–water partition coefficient (Wildman–Crippen LogP) is 3.04. The van der Waals surface area contributed by atoms with Crippen molar-refractivity contribution in [3.63, 3.8) is 0 Å². The summed E-state index contributed by atoms with van der Waals surface area (Å²) in [6.07, 6.45) is 3.43. The lowest BCUT2D eigenvalue weighted by Crippen LogP contribution is -2.15. The number of nitrogen functional groups attached to an aromatic ring is 1. The van der Waals surface area contributed by atoms with Gasteiger partial charge in [0.05, 0.1) is 6.42 Å². The number of nitrogens with one attached hydrogen (secondary N) is 1. The maximum atomic E-state index is 12.5. The van der Waals surface area contributed by atoms with Gasteiger partial charge in [-0.05, 0) is 31.5 Å². The van der Waals surface area contributed by atoms with Crippen LogP contribution < -0.4 is 16.8 Å². The molecule has 2 amide bonds. The largest absolute Gasteiger partial charge is 0.383 e. The molecule has 10 nitrogen and oxygen atoms in total. The number of benzene rings is 1. The van der Waals surface area contributed by atoms with E-state index in [-0.39, 0.29) is 29.8 Å². The summed E-state index contributed by atoms with van der Waals surface area (Å²) in [5.74, 6) is 0.162. The second-order valence-corrected chi connectivity index (χ2v) is 7.75. The standard InChI is InChI=1S/C23H23N7O3/c1-13(2)30-22(24)20(23(25)32)21(28-30)15-7-5-14(6-8-15)10-19(31)27-18-11-17(33-29-18)16-4-3-9-26-12-16/h3-9,11-13H,10,24H2,1-2H3,(H2,25,32)(H,27,29,31). The average Bonchev–Trinajstić information content (AvgIpc) is 3.39. The fourth-order valence-corrected chi connectivity index (χ4v) is 3.42. The Bertz CT molecular complexity index is 1290. The first kappa shape index (κ1) is 21.8. The number of nitrogens with two attached hydrogens (primary N) is 2. The lowest BCUT2D eigenvalue weighted by Gasteiger charge is -2.07. The molecule has 0 aliphatic carbocycles. The molecule has 10 heteroatoms. The van der Waals surface area contributed by atoms with Crippen LogP contribution in [0.2, 0.25) is 0 Å². The van der Waals surface area contributed by atoms with E-state index >= 15 is 0 Å². The highest BCUT2D eigenvalue weighted by Crippen LogP contribution is 2.29. The van der Waals surface area contributed by atoms with Crippen LogP contribution in [0.4, 0.5) is 11.6 Å². The molecule has 3 aromatic heterocycles. The third kappa shape index (κ3) is 4.59. The van der Waals surface area contributed by atoms with Crippen molar-refractivity contribution in [3.8, 4) is 22.6 Å². The first-order valence-corrected chi connectivity index (χ1v) is 10.3. The molecular weight excluding hydrogens is 422 g/mol. The molecule has 0 bridgehead atoms. The number of pyridine rings is 1. The number of rotatable bonds is 7. The van der Waals surface area contributed by atoms with Crippen molar-refractivity contribution >= 4 is 23.5 Å². The third-order valence-electron chi connectivity index (χ3n) is 5.00. The van der Waals surface area contributed by atoms with E-state index in [0.717, 1.165) is 11.1 Å². The van der Waals surface area contributed by atoms with E-state index in [0.29, 0.717) is 22.8 Å². The molecule has 0 spiro atoms. The second kappa shape index (κ2) is 8.95. The van der Waals surface area contributed by atoms with Crippen LogP contribution in [0.5, 0.6) is 0 Å². The van der Waals surface area contributed by atoms with Crippen LogP contribution in [-0.4, -0.2) is 31.7 Å². The van der Waals surface area contributed by atoms with Gasteiger partial charge in [-0.3, -0.25) is 14.6 Å². The van der Waals surface area contributed by atoms with Gasteiger partial charge in [0.15, 0.2) is 11.6 Å². The summed E-state index contributed by atoms with van der Waals surface area (Å²) in [6, 6.07) is 12.3. The van der Waals surface area contributed by atoms with E-state index in [1.54, 1.807) is 53.5 Å². The lowest BCUT2D eigenvalue weighted by molar-refractivity contribution is -0.115. The summed E-state index contributed by atoms with van der Waals surface area (Å²) < 4.78 is 6.83. The molecule has 0 aliphatic heterocycles. The Labute approximate surface area is 189 Å². The van der Waals surface area contributed by atoms with Gasteiger partial charge in [-0.15, -0.1) is 0 Å². The fraction of sp³-hybridized carbons (Fsp3) is 0.174. The van der Waals surface area contributed by atoms with Crippen LogP contribution in [0, 0.1) is 0 Å². The van der Waals surface area contributed by atoms with Crippen molar-refractivity contribution in [3.05, 3.63) is 66.0 Å². The van der Waals surface area contributed by atoms with Gasteiger partial charge in [0, 0.05) is 35.6 Å². The highest BCUT2D eigenvalue weighted by molar-refractivity contribution is 6.03. The number of anilines is 2. The van der Waals surface area contributed by atoms with E-state index in [1.807, 2.05) is 19.9 Å². The number of amides is 2. The van der Waals surface area contributed by atoms with Gasteiger partial charge in [-0.25, -0.2) is 4.68 Å². The Morgan fingerprint density at radius 3 is 2.55 bits per heavy atom. The molecule has 168 valence electrons. The molecular formula is C23H23N7O3. The smallest absolute Gasteiger partial charge is 0.254 e. The van der Waals surface area contributed by atoms with Crippen LogP contribution in [0.1, 0.15) is 35.8 Å². The molecule has 1 aromatic carbocycles. The van der Waals surface area contributed by atoms with Crippen molar-refractivity contribution in [1.82, 2.24) is 19.9 Å². The Kier molecular flexibility index (Phi) is 5.90. The highest BCUT2D eigenvalue weighted by atomic mass is 16.5. The number of hydrogen-bond acceptors (Lipinski definition) is 7. The minimum Gasteiger partial charge on any atom is -0.383 e. The van der Waals surface area contributed by atoms with Crippen LogP contribution in [0.3, 0.4) is 0 Å². The maximum Gasteiger partial charge on any atom is 0.254 e. The van der Waals surface area contributed by atoms with Crippen LogP contribution in [0.15, 0.2) is 59.4 Å². The highest BCUT2D eigenvalue weighted by Gasteiger charge is 2.22. The van der Waals surface area contributed by atoms with Crippen molar-refractivity contribution in [1.29, 1.82) is 0 Å². The van der Waals surface area contributed by atoms with Crippen molar-refractivity contribution in [2.24, 2.45) is 5.73 Å². The Morgan fingerprint density at radius 1 is 1.15 bits per heavy atom. The van der Waals surface area contributed by atoms with Crippen molar-refractivity contribution < 1.29 is 14.1 Å². The van der Waals surface area contributed by atoms with Gasteiger partial charge in [0.1, 0.15) is 17.1 Å². The number of hydrogen-bond donors (Lipinski definition) is 3. The molecule has 3 heterocycles. The molecule has 4 aromatic rings. The summed E-state index contributed by atoms with van der Waals surface area (Å²) >= 11 is 0. The number of carbonyl (C=O) groups is 2. The predicted molar refractivity (Wildman–Crippen MR) is 123 cm³/mol. The summed E-state index contributed by atoms with van der Waals surface area (Å²) in [7, 11) is 0. The average molecular weight is 445 g/mol. The molecule has 0 unspecified atom stereocenters. The summed E-state index contributed by atoms with van der Waals surface area (Å²) in [5.41, 5.74) is 14.4. The Morgan fingerprint density at radius 2 is 1.91 bits per heavy atom. The molecule has 0 aliphatic rings. The molecule has 0 radical (unpaired) electrons. The fourth-order valence-electron chi connectivity index (χ4n) is 3.42. The monoisotopic (exact) mass is 445 g/mol. The second-order valence-electron chi connectivity index (χ2n) is 7.75. The lowest BCUT2D eigenvalue weighted by atomic mass is 10.0. The molecule has 4 rings (SSSR count). The third-order valence-corrected chi connectivity index (χ3v) is 5.00. The van der Waals surface area contributed by atoms with Crippen LogP contribution in [-0.2, 0) is 11.2 Å². The molecule has 0 atom stereocenters. The van der Waals surface area contributed by atoms with Gasteiger partial charge in [-0.1, -0.05) is 29.4 Å². The normalized spacial score (nSPS) is 11.0. The molecule has 33 heavy (non-hydrogen) atoms. The quantitative estimate of drug-likeness (QED) is 0.395. The van der Waals surface area contributed by atoms with Crippen molar-refractivity contribution in [2.45, 2.75) is 26.3 Å². The zero-order chi connectivity index (χ0) is 23.5. The Balaban J connectivity index is 1.46. The maximum absolute atomic E-state index is 12.5. The first-order chi connectivity index (χ1) is 15.8. The summed E-state index contributed by atoms with van der Waals surface area (Å²) in [4.78, 5) is 28.4. The number of carbonyl (C=O) groups excluding carboxylic acids is 2. The molecule has 0 saturated heterocycles. The summed E-state index contributed by atoms with van der Waals surface area (Å²) in [5, 5.41) is 11.1. The number of aromatic nitrogens is 4. The first-order valence-electron chi connectivity index (χ1n) is 10.3. The van der Waals surface area contributed by atoms with Gasteiger partial charge in [0.2, 0.25) is 5.91 Å². The van der Waals surface area contributed by atoms with Crippen LogP contribution >= 0.6 is 0 Å². The number of primary amides is 1. The van der Waals surface area contributed by atoms with Gasteiger partial charge in [-0.2, -0.15) is 5.10 Å². The minimum atomic E-state index is -0.642. The molecule has 0 saturated carbocycles. The van der Waals surface area contributed by atoms with E-state index in [4.69, 9.17) is 16.0 Å². The topological polar surface area (TPSA) is 155 Å². The van der Waals surface area contributed by atoms with Gasteiger partial charge >= 0.3 is 0 Å². The van der Waals surface area contributed by atoms with E-state index < -0.39 is 5.91 Å². The zero-order valence-electron chi connectivity index (χ0n) is 18.1. The number of nitrogens with zero attached hydrogens (tertiary/aromatic N) is 4. The van der Waals surface area contributed by atoms with Gasteiger partial charge in [0.25, 0.3) is 5.91 Å². The Hall–Kier alpha value is -4.47. The zero-order valence-corrected chi connectivity index (χ0v) is 18.1. The van der Waals surface area contributed by atoms with Crippen molar-refractivity contribution in [2.75, 3.05) is 11.1 Å².